The number of carboxylic acid groups (broad SMARTS) is 1. The predicted molar refractivity (Wildman–Crippen MR) is 80.3 cm³/mol. The highest BCUT2D eigenvalue weighted by atomic mass is 35.5. The molecule has 0 aromatic heterocycles. The van der Waals surface area contributed by atoms with E-state index in [1.807, 2.05) is 19.1 Å². The highest BCUT2D eigenvalue weighted by molar-refractivity contribution is 6.32. The van der Waals surface area contributed by atoms with Crippen molar-refractivity contribution in [3.8, 4) is 0 Å². The topological polar surface area (TPSA) is 49.8 Å². The van der Waals surface area contributed by atoms with Gasteiger partial charge >= 0.3 is 5.97 Å². The minimum Gasteiger partial charge on any atom is -0.478 e. The number of carboxylic acids is 1. The zero-order valence-electron chi connectivity index (χ0n) is 11.5. The second kappa shape index (κ2) is 6.29. The van der Waals surface area contributed by atoms with Gasteiger partial charge in [-0.3, -0.25) is 0 Å². The van der Waals surface area contributed by atoms with Gasteiger partial charge in [0.15, 0.2) is 0 Å². The van der Waals surface area contributed by atoms with Crippen LogP contribution in [0.15, 0.2) is 24.3 Å². The maximum atomic E-state index is 10.7. The van der Waals surface area contributed by atoms with Gasteiger partial charge in [0.05, 0.1) is 12.7 Å². The number of halogens is 1. The van der Waals surface area contributed by atoms with Crippen LogP contribution in [-0.2, 0) is 9.53 Å². The summed E-state index contributed by atoms with van der Waals surface area (Å²) in [6.07, 6.45) is 2.80. The highest BCUT2D eigenvalue weighted by Gasteiger charge is 2.25. The Kier molecular flexibility index (Phi) is 4.68. The Morgan fingerprint density at radius 3 is 2.95 bits per heavy atom. The molecule has 20 heavy (non-hydrogen) atoms. The van der Waals surface area contributed by atoms with E-state index >= 15 is 0 Å². The molecule has 1 saturated heterocycles. The van der Waals surface area contributed by atoms with Crippen LogP contribution in [0.4, 0.5) is 5.69 Å². The van der Waals surface area contributed by atoms with E-state index in [1.165, 1.54) is 0 Å². The quantitative estimate of drug-likeness (QED) is 0.871. The maximum absolute atomic E-state index is 10.7. The van der Waals surface area contributed by atoms with Gasteiger partial charge in [-0.15, -0.1) is 0 Å². The third-order valence-electron chi connectivity index (χ3n) is 3.34. The first-order chi connectivity index (χ1) is 9.49. The molecule has 1 aliphatic rings. The van der Waals surface area contributed by atoms with Gasteiger partial charge < -0.3 is 14.7 Å². The van der Waals surface area contributed by atoms with Crippen molar-refractivity contribution in [3.05, 3.63) is 34.9 Å². The Morgan fingerprint density at radius 1 is 1.50 bits per heavy atom. The molecule has 2 atom stereocenters. The lowest BCUT2D eigenvalue weighted by molar-refractivity contribution is -0.131. The van der Waals surface area contributed by atoms with Crippen LogP contribution in [0.25, 0.3) is 6.08 Å². The molecule has 1 fully saturated rings. The van der Waals surface area contributed by atoms with E-state index < -0.39 is 5.97 Å². The molecular weight excluding hydrogens is 278 g/mol. The van der Waals surface area contributed by atoms with Crippen molar-refractivity contribution in [1.82, 2.24) is 0 Å². The summed E-state index contributed by atoms with van der Waals surface area (Å²) in [5, 5.41) is 9.35. The Morgan fingerprint density at radius 2 is 2.25 bits per heavy atom. The van der Waals surface area contributed by atoms with Crippen LogP contribution in [0, 0.1) is 0 Å². The summed E-state index contributed by atoms with van der Waals surface area (Å²) in [5.41, 5.74) is 1.68. The summed E-state index contributed by atoms with van der Waals surface area (Å²) in [4.78, 5) is 12.9. The molecule has 1 N–H and O–H groups in total. The van der Waals surface area contributed by atoms with E-state index in [-0.39, 0.29) is 12.1 Å². The van der Waals surface area contributed by atoms with Gasteiger partial charge in [-0.05, 0) is 32.1 Å². The van der Waals surface area contributed by atoms with Gasteiger partial charge in [0.1, 0.15) is 0 Å². The van der Waals surface area contributed by atoms with E-state index in [9.17, 15) is 4.79 Å². The van der Waals surface area contributed by atoms with Crippen molar-refractivity contribution in [3.63, 3.8) is 0 Å². The predicted octanol–water partition coefficient (Wildman–Crippen LogP) is 3.05. The molecule has 108 valence electrons. The number of hydrogen-bond acceptors (Lipinski definition) is 3. The molecule has 0 radical (unpaired) electrons. The smallest absolute Gasteiger partial charge is 0.328 e. The average Bonchev–Trinajstić information content (AvgIpc) is 2.40. The highest BCUT2D eigenvalue weighted by Crippen LogP contribution is 2.31. The van der Waals surface area contributed by atoms with Crippen molar-refractivity contribution < 1.29 is 14.6 Å². The Hall–Kier alpha value is -1.52. The second-order valence-corrected chi connectivity index (χ2v) is 5.40. The Bertz CT molecular complexity index is 530. The van der Waals surface area contributed by atoms with Crippen molar-refractivity contribution >= 4 is 29.3 Å². The van der Waals surface area contributed by atoms with E-state index in [4.69, 9.17) is 21.4 Å². The van der Waals surface area contributed by atoms with Crippen LogP contribution in [0.2, 0.25) is 5.02 Å². The normalized spacial score (nSPS) is 23.2. The number of anilines is 1. The number of morpholine rings is 1. The lowest BCUT2D eigenvalue weighted by Crippen LogP contribution is -2.47. The molecule has 1 heterocycles. The summed E-state index contributed by atoms with van der Waals surface area (Å²) in [7, 11) is 0. The molecular formula is C15H18ClNO3. The van der Waals surface area contributed by atoms with Gasteiger partial charge in [-0.1, -0.05) is 17.7 Å². The molecule has 2 rings (SSSR count). The molecule has 1 aromatic carbocycles. The van der Waals surface area contributed by atoms with Gasteiger partial charge in [0.2, 0.25) is 0 Å². The third kappa shape index (κ3) is 3.32. The number of hydrogen-bond donors (Lipinski definition) is 1. The number of benzene rings is 1. The number of aliphatic carboxylic acids is 1. The fourth-order valence-corrected chi connectivity index (χ4v) is 2.57. The van der Waals surface area contributed by atoms with Gasteiger partial charge in [-0.25, -0.2) is 4.79 Å². The van der Waals surface area contributed by atoms with Crippen LogP contribution in [-0.4, -0.2) is 36.4 Å². The molecule has 5 heteroatoms. The minimum atomic E-state index is -0.987. The minimum absolute atomic E-state index is 0.140. The maximum Gasteiger partial charge on any atom is 0.328 e. The molecule has 0 bridgehead atoms. The summed E-state index contributed by atoms with van der Waals surface area (Å²) >= 11 is 6.21. The first-order valence-electron chi connectivity index (χ1n) is 6.57. The first kappa shape index (κ1) is 14.9. The van der Waals surface area contributed by atoms with E-state index in [0.717, 1.165) is 23.9 Å². The molecule has 4 nitrogen and oxygen atoms in total. The third-order valence-corrected chi connectivity index (χ3v) is 3.67. The average molecular weight is 296 g/mol. The van der Waals surface area contributed by atoms with Crippen LogP contribution < -0.4 is 4.90 Å². The summed E-state index contributed by atoms with van der Waals surface area (Å²) in [5.74, 6) is -0.987. The molecule has 0 aliphatic carbocycles. The number of nitrogens with zero attached hydrogens (tertiary/aromatic N) is 1. The second-order valence-electron chi connectivity index (χ2n) is 4.99. The lowest BCUT2D eigenvalue weighted by atomic mass is 10.1. The fraction of sp³-hybridized carbons (Fsp3) is 0.400. The number of rotatable bonds is 3. The van der Waals surface area contributed by atoms with Crippen molar-refractivity contribution in [2.24, 2.45) is 0 Å². The number of carbonyl (C=O) groups is 1. The molecule has 1 aromatic rings. The summed E-state index contributed by atoms with van der Waals surface area (Å²) in [6.45, 7) is 5.51. The molecule has 0 spiro atoms. The largest absolute Gasteiger partial charge is 0.478 e. The van der Waals surface area contributed by atoms with Crippen LogP contribution >= 0.6 is 11.6 Å². The Labute approximate surface area is 123 Å². The van der Waals surface area contributed by atoms with Crippen molar-refractivity contribution in [2.75, 3.05) is 18.1 Å². The van der Waals surface area contributed by atoms with Crippen LogP contribution in [0.3, 0.4) is 0 Å². The van der Waals surface area contributed by atoms with E-state index in [2.05, 4.69) is 11.8 Å². The van der Waals surface area contributed by atoms with Gasteiger partial charge in [-0.2, -0.15) is 0 Å². The number of ether oxygens (including phenoxy) is 1. The Balaban J connectivity index is 2.39. The molecule has 0 saturated carbocycles. The zero-order chi connectivity index (χ0) is 14.7. The van der Waals surface area contributed by atoms with Crippen molar-refractivity contribution in [1.29, 1.82) is 0 Å². The first-order valence-corrected chi connectivity index (χ1v) is 6.94. The van der Waals surface area contributed by atoms with Gasteiger partial charge in [0.25, 0.3) is 0 Å². The standard InChI is InChI=1S/C15H18ClNO3/c1-10-9-20-11(2)8-17(10)14-5-3-4-13(16)12(14)6-7-15(18)19/h3-7,10-11H,8-9H2,1-2H3,(H,18,19)/b7-6+. The lowest BCUT2D eigenvalue weighted by Gasteiger charge is -2.39. The van der Waals surface area contributed by atoms with E-state index in [1.54, 1.807) is 12.1 Å². The summed E-state index contributed by atoms with van der Waals surface area (Å²) < 4.78 is 5.62. The monoisotopic (exact) mass is 295 g/mol. The molecule has 1 aliphatic heterocycles. The van der Waals surface area contributed by atoms with Crippen molar-refractivity contribution in [2.45, 2.75) is 26.0 Å². The molecule has 0 amide bonds. The zero-order valence-corrected chi connectivity index (χ0v) is 12.3. The molecule has 2 unspecified atom stereocenters. The fourth-order valence-electron chi connectivity index (χ4n) is 2.33. The SMILES string of the molecule is CC1CN(c2cccc(Cl)c2/C=C/C(=O)O)C(C)CO1. The van der Waals surface area contributed by atoms with E-state index in [0.29, 0.717) is 11.6 Å². The van der Waals surface area contributed by atoms with Crippen LogP contribution in [0.5, 0.6) is 0 Å². The van der Waals surface area contributed by atoms with Gasteiger partial charge in [0, 0.05) is 34.9 Å². The van der Waals surface area contributed by atoms with Crippen LogP contribution in [0.1, 0.15) is 19.4 Å². The summed E-state index contributed by atoms with van der Waals surface area (Å²) in [6, 6.07) is 5.83.